The Labute approximate surface area is 113 Å². The molecule has 1 aliphatic rings. The van der Waals surface area contributed by atoms with E-state index in [9.17, 15) is 14.4 Å². The number of rotatable bonds is 7. The maximum Gasteiger partial charge on any atom is 0.320 e. The first-order valence-electron chi connectivity index (χ1n) is 6.77. The van der Waals surface area contributed by atoms with Crippen molar-refractivity contribution >= 4 is 17.8 Å². The molecule has 19 heavy (non-hydrogen) atoms. The van der Waals surface area contributed by atoms with Gasteiger partial charge in [-0.15, -0.1) is 0 Å². The molecule has 2 amide bonds. The van der Waals surface area contributed by atoms with Crippen LogP contribution in [0.15, 0.2) is 0 Å². The van der Waals surface area contributed by atoms with Crippen LogP contribution in [0.1, 0.15) is 46.5 Å². The zero-order chi connectivity index (χ0) is 14.6. The van der Waals surface area contributed by atoms with Crippen molar-refractivity contribution in [3.8, 4) is 0 Å². The molecule has 108 valence electrons. The van der Waals surface area contributed by atoms with E-state index in [0.29, 0.717) is 19.3 Å². The molecular formula is C13H22N2O4. The van der Waals surface area contributed by atoms with E-state index in [2.05, 4.69) is 5.32 Å². The Morgan fingerprint density at radius 3 is 2.58 bits per heavy atom. The third kappa shape index (κ3) is 3.53. The average Bonchev–Trinajstić information content (AvgIpc) is 2.63. The number of nitrogens with zero attached hydrogens (tertiary/aromatic N) is 1. The molecule has 0 aromatic heterocycles. The van der Waals surface area contributed by atoms with Crippen molar-refractivity contribution in [2.75, 3.05) is 0 Å². The smallest absolute Gasteiger partial charge is 0.320 e. The van der Waals surface area contributed by atoms with Crippen molar-refractivity contribution in [2.45, 2.75) is 64.6 Å². The quantitative estimate of drug-likeness (QED) is 0.667. The topological polar surface area (TPSA) is 86.7 Å². The van der Waals surface area contributed by atoms with Crippen LogP contribution in [0.3, 0.4) is 0 Å². The molecule has 6 nitrogen and oxygen atoms in total. The highest BCUT2D eigenvalue weighted by Crippen LogP contribution is 2.18. The van der Waals surface area contributed by atoms with Crippen molar-refractivity contribution in [2.24, 2.45) is 0 Å². The third-order valence-corrected chi connectivity index (χ3v) is 3.49. The molecule has 6 heteroatoms. The van der Waals surface area contributed by atoms with Gasteiger partial charge in [-0.1, -0.05) is 20.3 Å². The molecule has 0 bridgehead atoms. The van der Waals surface area contributed by atoms with Gasteiger partial charge in [0.15, 0.2) is 0 Å². The van der Waals surface area contributed by atoms with Gasteiger partial charge in [0.05, 0.1) is 12.5 Å². The highest BCUT2D eigenvalue weighted by atomic mass is 16.4. The van der Waals surface area contributed by atoms with Crippen molar-refractivity contribution in [1.29, 1.82) is 0 Å². The summed E-state index contributed by atoms with van der Waals surface area (Å²) in [6, 6.07) is -1.61. The van der Waals surface area contributed by atoms with Gasteiger partial charge < -0.3 is 5.11 Å². The number of hydrogen-bond donors (Lipinski definition) is 2. The number of carbonyl (C=O) groups excluding carboxylic acids is 2. The first-order chi connectivity index (χ1) is 8.92. The monoisotopic (exact) mass is 270 g/mol. The predicted molar refractivity (Wildman–Crippen MR) is 69.5 cm³/mol. The Hall–Kier alpha value is -1.43. The Balaban J connectivity index is 2.73. The van der Waals surface area contributed by atoms with Crippen LogP contribution >= 0.6 is 0 Å². The number of nitrogens with one attached hydrogen (secondary N) is 1. The van der Waals surface area contributed by atoms with Crippen LogP contribution in [0, 0.1) is 0 Å². The number of imide groups is 1. The summed E-state index contributed by atoms with van der Waals surface area (Å²) in [6.45, 7) is 5.60. The summed E-state index contributed by atoms with van der Waals surface area (Å²) in [7, 11) is 0. The molecule has 3 unspecified atom stereocenters. The summed E-state index contributed by atoms with van der Waals surface area (Å²) >= 11 is 0. The minimum absolute atomic E-state index is 0.0522. The van der Waals surface area contributed by atoms with Gasteiger partial charge in [-0.2, -0.15) is 0 Å². The van der Waals surface area contributed by atoms with Gasteiger partial charge in [0, 0.05) is 6.04 Å². The van der Waals surface area contributed by atoms with E-state index in [0.717, 1.165) is 0 Å². The lowest BCUT2D eigenvalue weighted by Gasteiger charge is -2.22. The number of likely N-dealkylation sites (tertiary alicyclic amines) is 1. The first kappa shape index (κ1) is 15.6. The molecule has 0 aromatic rings. The lowest BCUT2D eigenvalue weighted by molar-refractivity contribution is -0.141. The van der Waals surface area contributed by atoms with Gasteiger partial charge in [0.2, 0.25) is 11.8 Å². The van der Waals surface area contributed by atoms with Crippen LogP contribution in [0.4, 0.5) is 0 Å². The van der Waals surface area contributed by atoms with Gasteiger partial charge in [0.1, 0.15) is 6.04 Å². The van der Waals surface area contributed by atoms with E-state index in [1.165, 1.54) is 4.90 Å². The second-order valence-corrected chi connectivity index (χ2v) is 4.96. The molecule has 1 fully saturated rings. The van der Waals surface area contributed by atoms with E-state index in [1.807, 2.05) is 20.8 Å². The normalized spacial score (nSPS) is 22.7. The summed E-state index contributed by atoms with van der Waals surface area (Å²) in [5, 5.41) is 11.9. The van der Waals surface area contributed by atoms with Crippen molar-refractivity contribution < 1.29 is 19.5 Å². The molecule has 2 N–H and O–H groups in total. The Morgan fingerprint density at radius 2 is 2.11 bits per heavy atom. The van der Waals surface area contributed by atoms with Crippen LogP contribution in [-0.4, -0.2) is 45.9 Å². The summed E-state index contributed by atoms with van der Waals surface area (Å²) in [5.74, 6) is -1.51. The summed E-state index contributed by atoms with van der Waals surface area (Å²) in [4.78, 5) is 36.3. The number of hydrogen-bond acceptors (Lipinski definition) is 4. The molecule has 0 saturated carbocycles. The largest absolute Gasteiger partial charge is 0.480 e. The van der Waals surface area contributed by atoms with Crippen molar-refractivity contribution in [1.82, 2.24) is 10.2 Å². The number of aliphatic carboxylic acids is 1. The molecular weight excluding hydrogens is 248 g/mol. The van der Waals surface area contributed by atoms with Gasteiger partial charge in [-0.05, 0) is 19.8 Å². The number of carboxylic acid groups (broad SMARTS) is 1. The fraction of sp³-hybridized carbons (Fsp3) is 0.769. The fourth-order valence-electron chi connectivity index (χ4n) is 2.24. The SMILES string of the molecule is CCCC(NC1CC(=O)N(C(C)CC)C1=O)C(=O)O. The van der Waals surface area contributed by atoms with E-state index >= 15 is 0 Å². The number of amides is 2. The second-order valence-electron chi connectivity index (χ2n) is 4.96. The van der Waals surface area contributed by atoms with Crippen LogP contribution in [0.5, 0.6) is 0 Å². The van der Waals surface area contributed by atoms with Crippen LogP contribution in [0.25, 0.3) is 0 Å². The fourth-order valence-corrected chi connectivity index (χ4v) is 2.24. The molecule has 1 saturated heterocycles. The standard InChI is InChI=1S/C13H22N2O4/c1-4-6-9(13(18)19)14-10-7-11(16)15(12(10)17)8(3)5-2/h8-10,14H,4-7H2,1-3H3,(H,18,19). The first-order valence-corrected chi connectivity index (χ1v) is 6.77. The zero-order valence-electron chi connectivity index (χ0n) is 11.7. The lowest BCUT2D eigenvalue weighted by atomic mass is 10.1. The minimum Gasteiger partial charge on any atom is -0.480 e. The van der Waals surface area contributed by atoms with Gasteiger partial charge in [-0.3, -0.25) is 24.6 Å². The summed E-state index contributed by atoms with van der Waals surface area (Å²) < 4.78 is 0. The molecule has 0 spiro atoms. The van der Waals surface area contributed by atoms with E-state index < -0.39 is 18.1 Å². The van der Waals surface area contributed by atoms with Crippen molar-refractivity contribution in [3.05, 3.63) is 0 Å². The molecule has 0 aliphatic carbocycles. The third-order valence-electron chi connectivity index (χ3n) is 3.49. The molecule has 1 heterocycles. The van der Waals surface area contributed by atoms with Gasteiger partial charge >= 0.3 is 5.97 Å². The van der Waals surface area contributed by atoms with Gasteiger partial charge in [-0.25, -0.2) is 0 Å². The maximum atomic E-state index is 12.1. The average molecular weight is 270 g/mol. The Kier molecular flexibility index (Phi) is 5.47. The Morgan fingerprint density at radius 1 is 1.47 bits per heavy atom. The summed E-state index contributed by atoms with van der Waals surface area (Å²) in [6.07, 6.45) is 1.89. The molecule has 1 rings (SSSR count). The van der Waals surface area contributed by atoms with Crippen LogP contribution in [0.2, 0.25) is 0 Å². The molecule has 1 aliphatic heterocycles. The Bertz CT molecular complexity index is 370. The van der Waals surface area contributed by atoms with Crippen LogP contribution < -0.4 is 5.32 Å². The zero-order valence-corrected chi connectivity index (χ0v) is 11.7. The van der Waals surface area contributed by atoms with E-state index in [-0.39, 0.29) is 24.3 Å². The molecule has 3 atom stereocenters. The predicted octanol–water partition coefficient (Wildman–Crippen LogP) is 0.755. The van der Waals surface area contributed by atoms with Gasteiger partial charge in [0.25, 0.3) is 0 Å². The van der Waals surface area contributed by atoms with E-state index in [1.54, 1.807) is 0 Å². The second kappa shape index (κ2) is 6.65. The molecule has 0 radical (unpaired) electrons. The summed E-state index contributed by atoms with van der Waals surface area (Å²) in [5.41, 5.74) is 0. The number of carboxylic acids is 1. The maximum absolute atomic E-state index is 12.1. The lowest BCUT2D eigenvalue weighted by Crippen LogP contribution is -2.48. The minimum atomic E-state index is -0.982. The highest BCUT2D eigenvalue weighted by molar-refractivity contribution is 6.06. The number of carbonyl (C=O) groups is 3. The van der Waals surface area contributed by atoms with Crippen molar-refractivity contribution in [3.63, 3.8) is 0 Å². The molecule has 0 aromatic carbocycles. The highest BCUT2D eigenvalue weighted by Gasteiger charge is 2.41. The van der Waals surface area contributed by atoms with E-state index in [4.69, 9.17) is 5.11 Å². The van der Waals surface area contributed by atoms with Crippen LogP contribution in [-0.2, 0) is 14.4 Å².